The van der Waals surface area contributed by atoms with E-state index in [2.05, 4.69) is 15.3 Å². The maximum absolute atomic E-state index is 10.2. The Morgan fingerprint density at radius 1 is 0.852 bits per heavy atom. The summed E-state index contributed by atoms with van der Waals surface area (Å²) in [6, 6.07) is 13.1. The minimum Gasteiger partial charge on any atom is -0.507 e. The number of phenolic OH excluding ortho intramolecular Hbond substituents is 1. The van der Waals surface area contributed by atoms with Crippen LogP contribution in [0.2, 0.25) is 0 Å². The van der Waals surface area contributed by atoms with E-state index in [-0.39, 0.29) is 5.75 Å². The minimum atomic E-state index is 0.245. The lowest BCUT2D eigenvalue weighted by atomic mass is 10.0. The standard InChI is InChI=1S/C21H19N3O3/c1-12-4-5-13-14(8-12)16(6-7-18(13)25)24-21-15-9-19(26-2)20(27-3)10-17(15)22-11-23-21/h4-11,25H,1-3H3,(H,22,23,24). The Morgan fingerprint density at radius 2 is 1.63 bits per heavy atom. The highest BCUT2D eigenvalue weighted by molar-refractivity contribution is 6.01. The number of aromatic nitrogens is 2. The molecule has 0 spiro atoms. The van der Waals surface area contributed by atoms with Crippen molar-refractivity contribution in [1.82, 2.24) is 9.97 Å². The van der Waals surface area contributed by atoms with E-state index >= 15 is 0 Å². The number of rotatable bonds is 4. The number of methoxy groups -OCH3 is 2. The van der Waals surface area contributed by atoms with Crippen LogP contribution in [0.4, 0.5) is 11.5 Å². The van der Waals surface area contributed by atoms with Crippen LogP contribution in [0.3, 0.4) is 0 Å². The smallest absolute Gasteiger partial charge is 0.162 e. The van der Waals surface area contributed by atoms with Crippen molar-refractivity contribution in [3.8, 4) is 17.2 Å². The third-order valence-corrected chi connectivity index (χ3v) is 4.54. The molecule has 136 valence electrons. The fraction of sp³-hybridized carbons (Fsp3) is 0.143. The van der Waals surface area contributed by atoms with Gasteiger partial charge in [0.25, 0.3) is 0 Å². The largest absolute Gasteiger partial charge is 0.507 e. The minimum absolute atomic E-state index is 0.245. The first-order valence-corrected chi connectivity index (χ1v) is 8.47. The van der Waals surface area contributed by atoms with E-state index in [1.165, 1.54) is 6.33 Å². The molecule has 0 amide bonds. The van der Waals surface area contributed by atoms with Crippen molar-refractivity contribution in [2.45, 2.75) is 6.92 Å². The van der Waals surface area contributed by atoms with E-state index in [1.54, 1.807) is 20.3 Å². The number of hydrogen-bond donors (Lipinski definition) is 2. The molecule has 0 saturated heterocycles. The van der Waals surface area contributed by atoms with Gasteiger partial charge in [0.2, 0.25) is 0 Å². The molecular weight excluding hydrogens is 342 g/mol. The van der Waals surface area contributed by atoms with Gasteiger partial charge in [0.15, 0.2) is 11.5 Å². The van der Waals surface area contributed by atoms with Crippen molar-refractivity contribution in [2.24, 2.45) is 0 Å². The van der Waals surface area contributed by atoms with Gasteiger partial charge < -0.3 is 19.9 Å². The van der Waals surface area contributed by atoms with Crippen molar-refractivity contribution in [2.75, 3.05) is 19.5 Å². The molecule has 3 aromatic carbocycles. The molecule has 0 aliphatic rings. The lowest BCUT2D eigenvalue weighted by Gasteiger charge is -2.14. The average Bonchev–Trinajstić information content (AvgIpc) is 2.69. The molecule has 6 nitrogen and oxygen atoms in total. The lowest BCUT2D eigenvalue weighted by molar-refractivity contribution is 0.356. The SMILES string of the molecule is COc1cc2ncnc(Nc3ccc(O)c4ccc(C)cc34)c2cc1OC. The van der Waals surface area contributed by atoms with E-state index in [1.807, 2.05) is 43.3 Å². The fourth-order valence-corrected chi connectivity index (χ4v) is 3.17. The van der Waals surface area contributed by atoms with Crippen LogP contribution in [0.25, 0.3) is 21.7 Å². The summed E-state index contributed by atoms with van der Waals surface area (Å²) >= 11 is 0. The molecule has 27 heavy (non-hydrogen) atoms. The van der Waals surface area contributed by atoms with Gasteiger partial charge in [0, 0.05) is 27.9 Å². The molecule has 0 saturated carbocycles. The van der Waals surface area contributed by atoms with Crippen LogP contribution in [-0.2, 0) is 0 Å². The predicted octanol–water partition coefficient (Wildman–Crippen LogP) is 4.56. The van der Waals surface area contributed by atoms with Crippen LogP contribution < -0.4 is 14.8 Å². The third-order valence-electron chi connectivity index (χ3n) is 4.54. The second-order valence-corrected chi connectivity index (χ2v) is 6.25. The maximum atomic E-state index is 10.2. The number of nitrogens with zero attached hydrogens (tertiary/aromatic N) is 2. The zero-order valence-electron chi connectivity index (χ0n) is 15.3. The summed E-state index contributed by atoms with van der Waals surface area (Å²) in [5.41, 5.74) is 2.70. The monoisotopic (exact) mass is 361 g/mol. The van der Waals surface area contributed by atoms with Crippen LogP contribution in [0.15, 0.2) is 48.8 Å². The topological polar surface area (TPSA) is 76.5 Å². The Morgan fingerprint density at radius 3 is 2.41 bits per heavy atom. The molecule has 4 aromatic rings. The number of anilines is 2. The Labute approximate surface area is 156 Å². The van der Waals surface area contributed by atoms with Crippen molar-refractivity contribution in [1.29, 1.82) is 0 Å². The van der Waals surface area contributed by atoms with E-state index in [0.717, 1.165) is 32.9 Å². The molecule has 0 aliphatic carbocycles. The molecule has 4 rings (SSSR count). The van der Waals surface area contributed by atoms with Crippen LogP contribution in [0, 0.1) is 6.92 Å². The highest BCUT2D eigenvalue weighted by Crippen LogP contribution is 2.37. The number of aromatic hydroxyl groups is 1. The molecule has 2 N–H and O–H groups in total. The summed E-state index contributed by atoms with van der Waals surface area (Å²) in [5, 5.41) is 16.0. The zero-order chi connectivity index (χ0) is 19.0. The second-order valence-electron chi connectivity index (χ2n) is 6.25. The molecule has 0 bridgehead atoms. The number of hydrogen-bond acceptors (Lipinski definition) is 6. The second kappa shape index (κ2) is 6.64. The van der Waals surface area contributed by atoms with Crippen molar-refractivity contribution in [3.63, 3.8) is 0 Å². The van der Waals surface area contributed by atoms with Gasteiger partial charge in [0.05, 0.1) is 19.7 Å². The van der Waals surface area contributed by atoms with Crippen LogP contribution >= 0.6 is 0 Å². The van der Waals surface area contributed by atoms with Gasteiger partial charge in [-0.1, -0.05) is 17.7 Å². The average molecular weight is 361 g/mol. The fourth-order valence-electron chi connectivity index (χ4n) is 3.17. The Kier molecular flexibility index (Phi) is 4.16. The molecule has 1 heterocycles. The van der Waals surface area contributed by atoms with Gasteiger partial charge >= 0.3 is 0 Å². The van der Waals surface area contributed by atoms with Gasteiger partial charge in [-0.05, 0) is 31.2 Å². The number of aryl methyl sites for hydroxylation is 1. The van der Waals surface area contributed by atoms with Gasteiger partial charge in [0.1, 0.15) is 17.9 Å². The lowest BCUT2D eigenvalue weighted by Crippen LogP contribution is -1.98. The first-order chi connectivity index (χ1) is 13.1. The van der Waals surface area contributed by atoms with Gasteiger partial charge in [-0.15, -0.1) is 0 Å². The molecule has 0 radical (unpaired) electrons. The summed E-state index contributed by atoms with van der Waals surface area (Å²) in [6.07, 6.45) is 1.50. The Balaban J connectivity index is 1.88. The normalized spacial score (nSPS) is 10.9. The number of phenols is 1. The number of nitrogens with one attached hydrogen (secondary N) is 1. The summed E-state index contributed by atoms with van der Waals surface area (Å²) < 4.78 is 10.8. The van der Waals surface area contributed by atoms with Crippen molar-refractivity contribution in [3.05, 3.63) is 54.4 Å². The van der Waals surface area contributed by atoms with Gasteiger partial charge in [-0.3, -0.25) is 0 Å². The van der Waals surface area contributed by atoms with E-state index in [4.69, 9.17) is 9.47 Å². The summed E-state index contributed by atoms with van der Waals surface area (Å²) in [6.45, 7) is 2.02. The molecular formula is C21H19N3O3. The molecule has 0 aliphatic heterocycles. The molecule has 0 fully saturated rings. The highest BCUT2D eigenvalue weighted by atomic mass is 16.5. The van der Waals surface area contributed by atoms with E-state index in [9.17, 15) is 5.11 Å². The molecule has 6 heteroatoms. The van der Waals surface area contributed by atoms with Gasteiger partial charge in [-0.25, -0.2) is 9.97 Å². The number of benzene rings is 3. The quantitative estimate of drug-likeness (QED) is 0.519. The summed E-state index contributed by atoms with van der Waals surface area (Å²) in [7, 11) is 3.19. The van der Waals surface area contributed by atoms with E-state index in [0.29, 0.717) is 17.3 Å². The molecule has 0 atom stereocenters. The van der Waals surface area contributed by atoms with E-state index < -0.39 is 0 Å². The Bertz CT molecular complexity index is 1160. The third kappa shape index (κ3) is 2.95. The highest BCUT2D eigenvalue weighted by Gasteiger charge is 2.13. The summed E-state index contributed by atoms with van der Waals surface area (Å²) in [5.74, 6) is 2.11. The number of ether oxygens (including phenoxy) is 2. The Hall–Kier alpha value is -3.54. The van der Waals surface area contributed by atoms with Gasteiger partial charge in [-0.2, -0.15) is 0 Å². The van der Waals surface area contributed by atoms with Crippen LogP contribution in [0.5, 0.6) is 17.2 Å². The van der Waals surface area contributed by atoms with Crippen molar-refractivity contribution >= 4 is 33.2 Å². The number of fused-ring (bicyclic) bond motifs is 2. The first kappa shape index (κ1) is 16.9. The first-order valence-electron chi connectivity index (χ1n) is 8.47. The van der Waals surface area contributed by atoms with Crippen molar-refractivity contribution < 1.29 is 14.6 Å². The molecule has 1 aromatic heterocycles. The van der Waals surface area contributed by atoms with Crippen LogP contribution in [0.1, 0.15) is 5.56 Å². The summed E-state index contributed by atoms with van der Waals surface area (Å²) in [4.78, 5) is 8.74. The molecule has 0 unspecified atom stereocenters. The maximum Gasteiger partial charge on any atom is 0.162 e. The van der Waals surface area contributed by atoms with Crippen LogP contribution in [-0.4, -0.2) is 29.3 Å². The predicted molar refractivity (Wildman–Crippen MR) is 106 cm³/mol. The zero-order valence-corrected chi connectivity index (χ0v) is 15.3.